The molecule has 0 radical (unpaired) electrons. The molecule has 0 aliphatic carbocycles. The summed E-state index contributed by atoms with van der Waals surface area (Å²) in [6.07, 6.45) is -0.0394. The molecule has 3 atom stereocenters. The topological polar surface area (TPSA) is 58.2 Å². The summed E-state index contributed by atoms with van der Waals surface area (Å²) in [5.74, 6) is -3.66. The molecule has 8 heteroatoms. The van der Waals surface area contributed by atoms with Gasteiger partial charge in [0, 0.05) is 33.6 Å². The van der Waals surface area contributed by atoms with E-state index < -0.39 is 34.9 Å². The Kier molecular flexibility index (Phi) is 5.18. The first-order valence-electron chi connectivity index (χ1n) is 10.3. The molecule has 168 valence electrons. The zero-order chi connectivity index (χ0) is 23.5. The first-order valence-corrected chi connectivity index (χ1v) is 11.1. The number of carbonyl (C=O) groups excluding carboxylic acids is 2. The van der Waals surface area contributed by atoms with Gasteiger partial charge in [-0.05, 0) is 53.9 Å². The maximum Gasteiger partial charge on any atom is 0.238 e. The van der Waals surface area contributed by atoms with E-state index in [4.69, 9.17) is 23.2 Å². The maximum absolute atomic E-state index is 15.3. The van der Waals surface area contributed by atoms with Crippen LogP contribution in [-0.4, -0.2) is 11.8 Å². The smallest absolute Gasteiger partial charge is 0.238 e. The van der Waals surface area contributed by atoms with Gasteiger partial charge in [-0.25, -0.2) is 8.78 Å². The molecular formula is C25H18Cl2F2N2O2. The van der Waals surface area contributed by atoms with Crippen LogP contribution in [0.4, 0.5) is 14.5 Å². The van der Waals surface area contributed by atoms with Crippen LogP contribution in [0.1, 0.15) is 40.6 Å². The van der Waals surface area contributed by atoms with Gasteiger partial charge in [0.25, 0.3) is 0 Å². The van der Waals surface area contributed by atoms with Crippen molar-refractivity contribution >= 4 is 40.7 Å². The molecule has 1 saturated heterocycles. The SMILES string of the molecule is Cc1ccc(F)c(F)c1[C@H]1NC(=O)C[C@@H](c2cccc(Cl)c2)[C@]12C(=O)Nc1cc(Cl)ccc12. The normalized spacial score (nSPS) is 23.9. The van der Waals surface area contributed by atoms with E-state index in [2.05, 4.69) is 10.6 Å². The molecule has 2 N–H and O–H groups in total. The second-order valence-electron chi connectivity index (χ2n) is 8.42. The van der Waals surface area contributed by atoms with Gasteiger partial charge in [-0.3, -0.25) is 9.59 Å². The standard InChI is InChI=1S/C25H18Cl2F2N2O2/c1-12-5-8-18(28)22(29)21(12)23-25(16-7-6-15(27)10-19(16)30-24(25)33)17(11-20(32)31-23)13-3-2-4-14(26)9-13/h2-10,17,23H,11H2,1H3,(H,30,33)(H,31,32)/t17-,23+,25-/m0/s1. The summed E-state index contributed by atoms with van der Waals surface area (Å²) in [7, 11) is 0. The summed E-state index contributed by atoms with van der Waals surface area (Å²) in [6, 6.07) is 13.1. The van der Waals surface area contributed by atoms with E-state index in [0.29, 0.717) is 32.4 Å². The Morgan fingerprint density at radius 2 is 1.76 bits per heavy atom. The Bertz CT molecular complexity index is 1330. The van der Waals surface area contributed by atoms with Crippen molar-refractivity contribution in [2.45, 2.75) is 30.7 Å². The molecule has 0 bridgehead atoms. The van der Waals surface area contributed by atoms with Crippen molar-refractivity contribution in [3.05, 3.63) is 98.5 Å². The van der Waals surface area contributed by atoms with Crippen LogP contribution in [0.25, 0.3) is 0 Å². The molecule has 0 aromatic heterocycles. The van der Waals surface area contributed by atoms with E-state index in [1.165, 1.54) is 6.07 Å². The first kappa shape index (κ1) is 21.9. The molecule has 2 amide bonds. The van der Waals surface area contributed by atoms with Gasteiger partial charge in [-0.15, -0.1) is 0 Å². The molecule has 3 aromatic rings. The zero-order valence-electron chi connectivity index (χ0n) is 17.4. The highest BCUT2D eigenvalue weighted by atomic mass is 35.5. The number of amides is 2. The van der Waals surface area contributed by atoms with Crippen LogP contribution >= 0.6 is 23.2 Å². The summed E-state index contributed by atoms with van der Waals surface area (Å²) >= 11 is 12.4. The molecule has 1 fully saturated rings. The molecule has 0 saturated carbocycles. The molecule has 2 aliphatic heterocycles. The van der Waals surface area contributed by atoms with Gasteiger partial charge in [0.1, 0.15) is 5.41 Å². The predicted octanol–water partition coefficient (Wildman–Crippen LogP) is 5.81. The Labute approximate surface area is 198 Å². The van der Waals surface area contributed by atoms with Gasteiger partial charge in [0.2, 0.25) is 11.8 Å². The van der Waals surface area contributed by atoms with E-state index in [1.807, 2.05) is 0 Å². The number of halogens is 4. The lowest BCUT2D eigenvalue weighted by atomic mass is 9.59. The fourth-order valence-electron chi connectivity index (χ4n) is 5.26. The number of benzene rings is 3. The van der Waals surface area contributed by atoms with Crippen LogP contribution in [0.2, 0.25) is 10.0 Å². The van der Waals surface area contributed by atoms with Crippen LogP contribution in [-0.2, 0) is 15.0 Å². The molecule has 0 unspecified atom stereocenters. The maximum atomic E-state index is 15.3. The Morgan fingerprint density at radius 1 is 1.00 bits per heavy atom. The van der Waals surface area contributed by atoms with Gasteiger partial charge in [0.05, 0.1) is 6.04 Å². The van der Waals surface area contributed by atoms with Gasteiger partial charge in [0.15, 0.2) is 11.6 Å². The second kappa shape index (κ2) is 7.82. The summed E-state index contributed by atoms with van der Waals surface area (Å²) in [4.78, 5) is 26.8. The van der Waals surface area contributed by atoms with Crippen LogP contribution in [0.5, 0.6) is 0 Å². The number of hydrogen-bond donors (Lipinski definition) is 2. The van der Waals surface area contributed by atoms with Gasteiger partial charge in [-0.1, -0.05) is 47.5 Å². The van der Waals surface area contributed by atoms with Gasteiger partial charge < -0.3 is 10.6 Å². The van der Waals surface area contributed by atoms with Crippen molar-refractivity contribution < 1.29 is 18.4 Å². The lowest BCUT2D eigenvalue weighted by molar-refractivity contribution is -0.131. The quantitative estimate of drug-likeness (QED) is 0.479. The van der Waals surface area contributed by atoms with E-state index >= 15 is 4.39 Å². The Hall–Kier alpha value is -2.96. The van der Waals surface area contributed by atoms with Crippen molar-refractivity contribution in [2.75, 3.05) is 5.32 Å². The van der Waals surface area contributed by atoms with E-state index in [-0.39, 0.29) is 17.9 Å². The number of hydrogen-bond acceptors (Lipinski definition) is 2. The lowest BCUT2D eigenvalue weighted by Gasteiger charge is -2.46. The molecule has 4 nitrogen and oxygen atoms in total. The third-order valence-corrected chi connectivity index (χ3v) is 7.11. The Morgan fingerprint density at radius 3 is 2.52 bits per heavy atom. The summed E-state index contributed by atoms with van der Waals surface area (Å²) < 4.78 is 29.7. The second-order valence-corrected chi connectivity index (χ2v) is 9.29. The average molecular weight is 487 g/mol. The number of carbonyl (C=O) groups is 2. The number of piperidine rings is 1. The van der Waals surface area contributed by atoms with E-state index in [0.717, 1.165) is 6.07 Å². The predicted molar refractivity (Wildman–Crippen MR) is 123 cm³/mol. The third-order valence-electron chi connectivity index (χ3n) is 6.64. The highest BCUT2D eigenvalue weighted by Gasteiger charge is 2.61. The van der Waals surface area contributed by atoms with Crippen LogP contribution in [0.15, 0.2) is 54.6 Å². The molecule has 1 spiro atoms. The minimum atomic E-state index is -1.46. The Balaban J connectivity index is 1.86. The fourth-order valence-corrected chi connectivity index (χ4v) is 5.63. The van der Waals surface area contributed by atoms with Crippen molar-refractivity contribution in [2.24, 2.45) is 0 Å². The fraction of sp³-hybridized carbons (Fsp3) is 0.200. The van der Waals surface area contributed by atoms with Gasteiger partial charge in [-0.2, -0.15) is 0 Å². The number of nitrogens with one attached hydrogen (secondary N) is 2. The number of aryl methyl sites for hydroxylation is 1. The van der Waals surface area contributed by atoms with Crippen molar-refractivity contribution in [3.63, 3.8) is 0 Å². The molecule has 33 heavy (non-hydrogen) atoms. The summed E-state index contributed by atoms with van der Waals surface area (Å²) in [6.45, 7) is 1.62. The molecule has 2 heterocycles. The molecule has 2 aliphatic rings. The number of anilines is 1. The van der Waals surface area contributed by atoms with E-state index in [1.54, 1.807) is 49.4 Å². The number of rotatable bonds is 2. The summed E-state index contributed by atoms with van der Waals surface area (Å²) in [5, 5.41) is 6.51. The summed E-state index contributed by atoms with van der Waals surface area (Å²) in [5.41, 5.74) is 0.561. The zero-order valence-corrected chi connectivity index (χ0v) is 18.9. The first-order chi connectivity index (χ1) is 15.7. The highest BCUT2D eigenvalue weighted by molar-refractivity contribution is 6.31. The van der Waals surface area contributed by atoms with Crippen molar-refractivity contribution in [1.29, 1.82) is 0 Å². The van der Waals surface area contributed by atoms with Crippen LogP contribution in [0.3, 0.4) is 0 Å². The minimum absolute atomic E-state index is 0.0394. The van der Waals surface area contributed by atoms with Gasteiger partial charge >= 0.3 is 0 Å². The monoisotopic (exact) mass is 486 g/mol. The third kappa shape index (κ3) is 3.23. The highest BCUT2D eigenvalue weighted by Crippen LogP contribution is 2.58. The van der Waals surface area contributed by atoms with Crippen molar-refractivity contribution in [1.82, 2.24) is 5.32 Å². The van der Waals surface area contributed by atoms with E-state index in [9.17, 15) is 14.0 Å². The molecular weight excluding hydrogens is 469 g/mol. The minimum Gasteiger partial charge on any atom is -0.348 e. The molecule has 5 rings (SSSR count). The molecule has 3 aromatic carbocycles. The van der Waals surface area contributed by atoms with Crippen LogP contribution in [0, 0.1) is 18.6 Å². The average Bonchev–Trinajstić information content (AvgIpc) is 3.04. The van der Waals surface area contributed by atoms with Crippen LogP contribution < -0.4 is 10.6 Å². The number of fused-ring (bicyclic) bond motifs is 2. The largest absolute Gasteiger partial charge is 0.348 e. The lowest BCUT2D eigenvalue weighted by Crippen LogP contribution is -2.57. The van der Waals surface area contributed by atoms with Crippen molar-refractivity contribution in [3.8, 4) is 0 Å².